The zero-order chi connectivity index (χ0) is 13.0. The number of aryl methyl sites for hydroxylation is 1. The minimum atomic E-state index is -0.469. The fourth-order valence-electron chi connectivity index (χ4n) is 1.33. The van der Waals surface area contributed by atoms with Crippen LogP contribution < -0.4 is 10.6 Å². The molecule has 2 N–H and O–H groups in total. The molecule has 6 nitrogen and oxygen atoms in total. The Balaban J connectivity index is 3.04. The van der Waals surface area contributed by atoms with Crippen molar-refractivity contribution in [2.24, 2.45) is 0 Å². The first-order chi connectivity index (χ1) is 8.01. The predicted molar refractivity (Wildman–Crippen MR) is 63.4 cm³/mol. The molecule has 1 aromatic heterocycles. The molecule has 0 aliphatic heterocycles. The van der Waals surface area contributed by atoms with Gasteiger partial charge in [0.05, 0.1) is 5.69 Å². The van der Waals surface area contributed by atoms with Crippen molar-refractivity contribution in [3.8, 4) is 6.07 Å². The molecule has 0 fully saturated rings. The Kier molecular flexibility index (Phi) is 3.99. The predicted octanol–water partition coefficient (Wildman–Crippen LogP) is 0.512. The Labute approximate surface area is 100 Å². The summed E-state index contributed by atoms with van der Waals surface area (Å²) in [6, 6.07) is 1.60. The van der Waals surface area contributed by atoms with E-state index in [1.54, 1.807) is 27.8 Å². The third kappa shape index (κ3) is 2.69. The number of hydrogen-bond acceptors (Lipinski definition) is 5. The highest BCUT2D eigenvalue weighted by Gasteiger charge is 2.16. The van der Waals surface area contributed by atoms with E-state index in [4.69, 9.17) is 5.26 Å². The molecule has 0 saturated heterocycles. The first-order valence-electron chi connectivity index (χ1n) is 5.23. The van der Waals surface area contributed by atoms with E-state index in [1.807, 2.05) is 0 Å². The van der Waals surface area contributed by atoms with Gasteiger partial charge in [0.1, 0.15) is 17.7 Å². The summed E-state index contributed by atoms with van der Waals surface area (Å²) in [4.78, 5) is 11.4. The van der Waals surface area contributed by atoms with Gasteiger partial charge in [-0.05, 0) is 26.3 Å². The van der Waals surface area contributed by atoms with Gasteiger partial charge in [-0.25, -0.2) is 0 Å². The van der Waals surface area contributed by atoms with Crippen molar-refractivity contribution in [3.63, 3.8) is 0 Å². The van der Waals surface area contributed by atoms with Gasteiger partial charge in [0, 0.05) is 7.05 Å². The Bertz CT molecular complexity index is 477. The molecule has 90 valence electrons. The molecule has 0 bridgehead atoms. The van der Waals surface area contributed by atoms with E-state index in [0.29, 0.717) is 17.1 Å². The summed E-state index contributed by atoms with van der Waals surface area (Å²) in [6.45, 7) is 5.28. The van der Waals surface area contributed by atoms with E-state index in [1.165, 1.54) is 0 Å². The second-order valence-electron chi connectivity index (χ2n) is 3.73. The van der Waals surface area contributed by atoms with Crippen LogP contribution in [0.15, 0.2) is 0 Å². The van der Waals surface area contributed by atoms with Gasteiger partial charge < -0.3 is 10.6 Å². The Morgan fingerprint density at radius 3 is 2.59 bits per heavy atom. The molecule has 0 saturated carbocycles. The summed E-state index contributed by atoms with van der Waals surface area (Å²) in [7, 11) is 1.55. The van der Waals surface area contributed by atoms with Crippen molar-refractivity contribution in [2.75, 3.05) is 12.4 Å². The van der Waals surface area contributed by atoms with Gasteiger partial charge in [-0.3, -0.25) is 4.79 Å². The lowest BCUT2D eigenvalue weighted by atomic mass is 10.1. The third-order valence-electron chi connectivity index (χ3n) is 2.56. The highest BCUT2D eigenvalue weighted by Crippen LogP contribution is 2.17. The van der Waals surface area contributed by atoms with E-state index < -0.39 is 6.04 Å². The molecule has 1 unspecified atom stereocenters. The molecule has 17 heavy (non-hydrogen) atoms. The molecular formula is C11H15N5O. The summed E-state index contributed by atoms with van der Waals surface area (Å²) < 4.78 is 0. The van der Waals surface area contributed by atoms with Crippen LogP contribution in [0, 0.1) is 25.2 Å². The van der Waals surface area contributed by atoms with Crippen molar-refractivity contribution in [1.82, 2.24) is 15.5 Å². The van der Waals surface area contributed by atoms with E-state index in [2.05, 4.69) is 26.9 Å². The smallest absolute Gasteiger partial charge is 0.241 e. The molecule has 1 aromatic rings. The first-order valence-corrected chi connectivity index (χ1v) is 5.23. The number of carbonyl (C=O) groups is 1. The third-order valence-corrected chi connectivity index (χ3v) is 2.56. The maximum atomic E-state index is 11.4. The summed E-state index contributed by atoms with van der Waals surface area (Å²) >= 11 is 0. The van der Waals surface area contributed by atoms with Gasteiger partial charge in [-0.15, -0.1) is 5.10 Å². The van der Waals surface area contributed by atoms with Crippen molar-refractivity contribution in [3.05, 3.63) is 16.8 Å². The lowest BCUT2D eigenvalue weighted by Crippen LogP contribution is -2.35. The minimum Gasteiger partial charge on any atom is -0.357 e. The monoisotopic (exact) mass is 233 g/mol. The highest BCUT2D eigenvalue weighted by molar-refractivity contribution is 5.84. The Morgan fingerprint density at radius 2 is 2.06 bits per heavy atom. The fraction of sp³-hybridized carbons (Fsp3) is 0.455. The number of nitrogens with zero attached hydrogens (tertiary/aromatic N) is 3. The van der Waals surface area contributed by atoms with Crippen LogP contribution >= 0.6 is 0 Å². The van der Waals surface area contributed by atoms with E-state index >= 15 is 0 Å². The molecule has 1 amide bonds. The molecule has 1 rings (SSSR count). The number of amides is 1. The maximum absolute atomic E-state index is 11.4. The van der Waals surface area contributed by atoms with Gasteiger partial charge in [0.15, 0.2) is 5.82 Å². The van der Waals surface area contributed by atoms with Crippen LogP contribution in [0.3, 0.4) is 0 Å². The van der Waals surface area contributed by atoms with Crippen LogP contribution in [0.25, 0.3) is 0 Å². The first kappa shape index (κ1) is 12.9. The molecule has 0 aliphatic rings. The zero-order valence-electron chi connectivity index (χ0n) is 10.3. The summed E-state index contributed by atoms with van der Waals surface area (Å²) in [5.41, 5.74) is 1.90. The van der Waals surface area contributed by atoms with Gasteiger partial charge in [0.2, 0.25) is 5.91 Å². The van der Waals surface area contributed by atoms with Crippen LogP contribution in [0.5, 0.6) is 0 Å². The average Bonchev–Trinajstić information content (AvgIpc) is 2.33. The molecule has 1 heterocycles. The lowest BCUT2D eigenvalue weighted by Gasteiger charge is -2.14. The number of likely N-dealkylation sites (N-methyl/N-ethyl adjacent to an activating group) is 1. The van der Waals surface area contributed by atoms with Crippen LogP contribution in [0.1, 0.15) is 23.7 Å². The second-order valence-corrected chi connectivity index (χ2v) is 3.73. The Morgan fingerprint density at radius 1 is 1.41 bits per heavy atom. The number of anilines is 1. The van der Waals surface area contributed by atoms with Crippen LogP contribution in [0.2, 0.25) is 0 Å². The quantitative estimate of drug-likeness (QED) is 0.793. The summed E-state index contributed by atoms with van der Waals surface area (Å²) in [5, 5.41) is 22.3. The van der Waals surface area contributed by atoms with Crippen molar-refractivity contribution in [2.45, 2.75) is 26.8 Å². The Hall–Kier alpha value is -2.16. The van der Waals surface area contributed by atoms with Crippen molar-refractivity contribution < 1.29 is 4.79 Å². The van der Waals surface area contributed by atoms with Gasteiger partial charge in [-0.2, -0.15) is 10.4 Å². The molecule has 6 heteroatoms. The van der Waals surface area contributed by atoms with E-state index in [9.17, 15) is 4.79 Å². The van der Waals surface area contributed by atoms with E-state index in [-0.39, 0.29) is 5.91 Å². The second kappa shape index (κ2) is 5.25. The van der Waals surface area contributed by atoms with Crippen molar-refractivity contribution in [1.29, 1.82) is 5.26 Å². The van der Waals surface area contributed by atoms with Gasteiger partial charge >= 0.3 is 0 Å². The maximum Gasteiger partial charge on any atom is 0.241 e. The minimum absolute atomic E-state index is 0.172. The number of nitriles is 1. The largest absolute Gasteiger partial charge is 0.357 e. The van der Waals surface area contributed by atoms with Gasteiger partial charge in [0.25, 0.3) is 0 Å². The molecule has 0 radical (unpaired) electrons. The SMILES string of the molecule is CNC(=O)C(C)Nc1nnc(C)c(C)c1C#N. The highest BCUT2D eigenvalue weighted by atomic mass is 16.2. The topological polar surface area (TPSA) is 90.7 Å². The number of carbonyl (C=O) groups excluding carboxylic acids is 1. The molecule has 1 atom stereocenters. The average molecular weight is 233 g/mol. The number of aromatic nitrogens is 2. The molecule has 0 spiro atoms. The molecule has 0 aliphatic carbocycles. The summed E-state index contributed by atoms with van der Waals surface area (Å²) in [5.74, 6) is 0.167. The molecular weight excluding hydrogens is 218 g/mol. The van der Waals surface area contributed by atoms with Gasteiger partial charge in [-0.1, -0.05) is 0 Å². The van der Waals surface area contributed by atoms with Crippen LogP contribution in [0.4, 0.5) is 5.82 Å². The standard InChI is InChI=1S/C11H15N5O/c1-6-7(2)15-16-10(9(6)5-12)14-8(3)11(17)13-4/h8H,1-4H3,(H,13,17)(H,14,16). The zero-order valence-corrected chi connectivity index (χ0v) is 10.3. The number of hydrogen-bond donors (Lipinski definition) is 2. The normalized spacial score (nSPS) is 11.5. The van der Waals surface area contributed by atoms with Crippen molar-refractivity contribution >= 4 is 11.7 Å². The number of rotatable bonds is 3. The summed E-state index contributed by atoms with van der Waals surface area (Å²) in [6.07, 6.45) is 0. The molecule has 0 aromatic carbocycles. The van der Waals surface area contributed by atoms with E-state index in [0.717, 1.165) is 5.56 Å². The fourth-order valence-corrected chi connectivity index (χ4v) is 1.33. The number of nitrogens with one attached hydrogen (secondary N) is 2. The lowest BCUT2D eigenvalue weighted by molar-refractivity contribution is -0.121. The van der Waals surface area contributed by atoms with Crippen LogP contribution in [-0.2, 0) is 4.79 Å². The van der Waals surface area contributed by atoms with Crippen LogP contribution in [-0.4, -0.2) is 29.2 Å².